The number of para-hydroxylation sites is 1. The van der Waals surface area contributed by atoms with Crippen molar-refractivity contribution in [3.8, 4) is 16.9 Å². The molecule has 3 aromatic rings. The molecule has 160 valence electrons. The molecule has 0 amide bonds. The van der Waals surface area contributed by atoms with Crippen LogP contribution >= 0.6 is 0 Å². The Morgan fingerprint density at radius 1 is 0.903 bits per heavy atom. The molecule has 3 aromatic carbocycles. The first-order valence-corrected chi connectivity index (χ1v) is 12.0. The molecule has 6 heteroatoms. The molecule has 5 nitrogen and oxygen atoms in total. The quantitative estimate of drug-likeness (QED) is 0.664. The van der Waals surface area contributed by atoms with Crippen molar-refractivity contribution >= 4 is 10.0 Å². The molecular formula is C25H26N2O3S. The van der Waals surface area contributed by atoms with Crippen LogP contribution in [0.15, 0.2) is 77.7 Å². The highest BCUT2D eigenvalue weighted by Gasteiger charge is 2.49. The Hall–Kier alpha value is -2.67. The lowest BCUT2D eigenvalue weighted by atomic mass is 9.75. The highest BCUT2D eigenvalue weighted by molar-refractivity contribution is 7.89. The van der Waals surface area contributed by atoms with E-state index in [9.17, 15) is 8.42 Å². The summed E-state index contributed by atoms with van der Waals surface area (Å²) in [6, 6.07) is 23.9. The van der Waals surface area contributed by atoms with E-state index in [1.165, 1.54) is 5.56 Å². The van der Waals surface area contributed by atoms with E-state index in [1.54, 1.807) is 23.5 Å². The van der Waals surface area contributed by atoms with Gasteiger partial charge in [0.15, 0.2) is 0 Å². The van der Waals surface area contributed by atoms with Crippen LogP contribution < -0.4 is 10.1 Å². The molecule has 3 aliphatic rings. The Bertz CT molecular complexity index is 1180. The number of aryl methyl sites for hydroxylation is 1. The maximum Gasteiger partial charge on any atom is 0.243 e. The van der Waals surface area contributed by atoms with Crippen molar-refractivity contribution in [2.24, 2.45) is 0 Å². The Balaban J connectivity index is 1.33. The second kappa shape index (κ2) is 7.79. The van der Waals surface area contributed by atoms with Gasteiger partial charge in [-0.05, 0) is 36.2 Å². The normalized spacial score (nSPS) is 23.2. The van der Waals surface area contributed by atoms with Crippen molar-refractivity contribution in [1.82, 2.24) is 9.62 Å². The summed E-state index contributed by atoms with van der Waals surface area (Å²) in [5.74, 6) is 1.19. The molecule has 0 saturated carbocycles. The molecule has 1 unspecified atom stereocenters. The van der Waals surface area contributed by atoms with Gasteiger partial charge in [-0.1, -0.05) is 60.2 Å². The summed E-state index contributed by atoms with van der Waals surface area (Å²) in [5, 5.41) is 3.53. The maximum absolute atomic E-state index is 13.1. The summed E-state index contributed by atoms with van der Waals surface area (Å²) >= 11 is 0. The monoisotopic (exact) mass is 434 g/mol. The summed E-state index contributed by atoms with van der Waals surface area (Å²) < 4.78 is 33.2. The van der Waals surface area contributed by atoms with Crippen molar-refractivity contribution in [3.05, 3.63) is 83.9 Å². The fourth-order valence-electron chi connectivity index (χ4n) is 4.78. The van der Waals surface area contributed by atoms with Gasteiger partial charge in [-0.15, -0.1) is 0 Å². The zero-order chi connectivity index (χ0) is 21.6. The first-order valence-electron chi connectivity index (χ1n) is 10.5. The largest absolute Gasteiger partial charge is 0.496 e. The molecule has 6 rings (SSSR count). The van der Waals surface area contributed by atoms with Crippen molar-refractivity contribution in [1.29, 1.82) is 0 Å². The predicted molar refractivity (Wildman–Crippen MR) is 122 cm³/mol. The van der Waals surface area contributed by atoms with Gasteiger partial charge in [-0.25, -0.2) is 8.42 Å². The SMILES string of the molecule is COc1ccccc1-c1ccc(C2[C@@H]3CN(S(=O)(=O)c4ccc(C)cc4)C[C@H]2N3)cc1. The minimum absolute atomic E-state index is 0.135. The van der Waals surface area contributed by atoms with E-state index < -0.39 is 10.0 Å². The minimum Gasteiger partial charge on any atom is -0.496 e. The average molecular weight is 435 g/mol. The number of nitrogens with zero attached hydrogens (tertiary/aromatic N) is 1. The van der Waals surface area contributed by atoms with Crippen LogP contribution in [0.4, 0.5) is 0 Å². The summed E-state index contributed by atoms with van der Waals surface area (Å²) in [4.78, 5) is 0.372. The number of sulfonamides is 1. The van der Waals surface area contributed by atoms with Gasteiger partial charge in [-0.2, -0.15) is 4.31 Å². The molecule has 31 heavy (non-hydrogen) atoms. The van der Waals surface area contributed by atoms with Crippen molar-refractivity contribution in [3.63, 3.8) is 0 Å². The van der Waals surface area contributed by atoms with Gasteiger partial charge in [0, 0.05) is 36.7 Å². The Morgan fingerprint density at radius 2 is 1.55 bits per heavy atom. The number of ether oxygens (including phenoxy) is 1. The van der Waals surface area contributed by atoms with Crippen LogP contribution in [0.25, 0.3) is 11.1 Å². The molecular weight excluding hydrogens is 408 g/mol. The fourth-order valence-corrected chi connectivity index (χ4v) is 6.27. The third-order valence-electron chi connectivity index (χ3n) is 6.47. The number of piperazine rings is 1. The van der Waals surface area contributed by atoms with Gasteiger partial charge in [0.1, 0.15) is 5.75 Å². The van der Waals surface area contributed by atoms with Crippen LogP contribution in [0.5, 0.6) is 5.75 Å². The summed E-state index contributed by atoms with van der Waals surface area (Å²) in [5.41, 5.74) is 4.49. The topological polar surface area (TPSA) is 58.6 Å². The number of methoxy groups -OCH3 is 1. The third kappa shape index (κ3) is 3.55. The van der Waals surface area contributed by atoms with Gasteiger partial charge < -0.3 is 10.1 Å². The first kappa shape index (κ1) is 20.2. The second-order valence-electron chi connectivity index (χ2n) is 8.36. The van der Waals surface area contributed by atoms with Crippen LogP contribution in [-0.4, -0.2) is 45.0 Å². The van der Waals surface area contributed by atoms with Gasteiger partial charge in [0.05, 0.1) is 12.0 Å². The minimum atomic E-state index is -3.46. The summed E-state index contributed by atoms with van der Waals surface area (Å²) in [7, 11) is -1.77. The smallest absolute Gasteiger partial charge is 0.243 e. The number of hydrogen-bond donors (Lipinski definition) is 1. The highest BCUT2D eigenvalue weighted by atomic mass is 32.2. The standard InChI is InChI=1S/C25H26N2O3S/c1-17-7-13-20(14-8-17)31(28,29)27-15-22-25(23(16-27)26-22)19-11-9-18(10-12-19)21-5-3-4-6-24(21)30-2/h3-14,22-23,25-26H,15-16H2,1-2H3/t22-,23+,25?. The Kier molecular flexibility index (Phi) is 5.08. The zero-order valence-corrected chi connectivity index (χ0v) is 18.5. The predicted octanol–water partition coefficient (Wildman–Crippen LogP) is 3.80. The number of benzene rings is 3. The molecule has 3 saturated heterocycles. The lowest BCUT2D eigenvalue weighted by Gasteiger charge is -2.54. The van der Waals surface area contributed by atoms with E-state index in [0.29, 0.717) is 23.9 Å². The maximum atomic E-state index is 13.1. The fraction of sp³-hybridized carbons (Fsp3) is 0.280. The highest BCUT2D eigenvalue weighted by Crippen LogP contribution is 2.39. The van der Waals surface area contributed by atoms with Crippen molar-refractivity contribution < 1.29 is 13.2 Å². The van der Waals surface area contributed by atoms with Crippen LogP contribution in [0.3, 0.4) is 0 Å². The molecule has 3 heterocycles. The third-order valence-corrected chi connectivity index (χ3v) is 8.31. The van der Waals surface area contributed by atoms with Crippen molar-refractivity contribution in [2.75, 3.05) is 20.2 Å². The van der Waals surface area contributed by atoms with Gasteiger partial charge >= 0.3 is 0 Å². The van der Waals surface area contributed by atoms with Crippen LogP contribution in [-0.2, 0) is 10.0 Å². The first-order chi connectivity index (χ1) is 15.0. The summed E-state index contributed by atoms with van der Waals surface area (Å²) in [6.07, 6.45) is 0. The van der Waals surface area contributed by atoms with Crippen LogP contribution in [0.2, 0.25) is 0 Å². The number of rotatable bonds is 5. The molecule has 2 bridgehead atoms. The zero-order valence-electron chi connectivity index (χ0n) is 17.7. The van der Waals surface area contributed by atoms with Crippen molar-refractivity contribution in [2.45, 2.75) is 29.8 Å². The number of piperidine rings is 1. The molecule has 3 atom stereocenters. The van der Waals surface area contributed by atoms with E-state index in [0.717, 1.165) is 22.4 Å². The molecule has 0 radical (unpaired) electrons. The lowest BCUT2D eigenvalue weighted by molar-refractivity contribution is 0.102. The Labute approximate surface area is 183 Å². The van der Waals surface area contributed by atoms with E-state index in [1.807, 2.05) is 37.3 Å². The van der Waals surface area contributed by atoms with E-state index in [4.69, 9.17) is 4.74 Å². The second-order valence-corrected chi connectivity index (χ2v) is 10.3. The van der Waals surface area contributed by atoms with Crippen LogP contribution in [0.1, 0.15) is 17.0 Å². The molecule has 0 aliphatic carbocycles. The van der Waals surface area contributed by atoms with Crippen LogP contribution in [0, 0.1) is 6.92 Å². The van der Waals surface area contributed by atoms with E-state index in [2.05, 4.69) is 35.6 Å². The van der Waals surface area contributed by atoms with Gasteiger partial charge in [0.2, 0.25) is 10.0 Å². The lowest BCUT2D eigenvalue weighted by Crippen LogP contribution is -2.72. The van der Waals surface area contributed by atoms with Gasteiger partial charge in [0.25, 0.3) is 0 Å². The molecule has 0 spiro atoms. The molecule has 1 N–H and O–H groups in total. The molecule has 3 fully saturated rings. The number of nitrogens with one attached hydrogen (secondary N) is 1. The van der Waals surface area contributed by atoms with E-state index in [-0.39, 0.29) is 12.1 Å². The Morgan fingerprint density at radius 3 is 2.19 bits per heavy atom. The van der Waals surface area contributed by atoms with Gasteiger partial charge in [-0.3, -0.25) is 0 Å². The van der Waals surface area contributed by atoms with E-state index >= 15 is 0 Å². The number of fused-ring (bicyclic) bond motifs is 2. The number of hydrogen-bond acceptors (Lipinski definition) is 4. The molecule has 3 aliphatic heterocycles. The average Bonchev–Trinajstić information content (AvgIpc) is 2.80. The summed E-state index contributed by atoms with van der Waals surface area (Å²) in [6.45, 7) is 2.94. The molecule has 0 aromatic heterocycles.